The van der Waals surface area contributed by atoms with Crippen LogP contribution < -0.4 is 5.56 Å². The SMILES string of the molecule is CCCCCn1c2nc(Cl)[nH]c2c(=O)n2c(CCc3nc(Cc4ccccc4)no3)nnc12. The van der Waals surface area contributed by atoms with E-state index in [-0.39, 0.29) is 10.8 Å². The number of aryl methyl sites for hydroxylation is 3. The average Bonchev–Trinajstić information content (AvgIpc) is 3.54. The lowest BCUT2D eigenvalue weighted by atomic mass is 10.1. The second-order valence-electron chi connectivity index (χ2n) is 7.91. The number of aromatic amines is 1. The molecule has 0 atom stereocenters. The van der Waals surface area contributed by atoms with Gasteiger partial charge < -0.3 is 9.51 Å². The van der Waals surface area contributed by atoms with Gasteiger partial charge in [-0.15, -0.1) is 10.2 Å². The van der Waals surface area contributed by atoms with Crippen LogP contribution in [0.1, 0.15) is 49.3 Å². The van der Waals surface area contributed by atoms with Gasteiger partial charge in [-0.2, -0.15) is 9.97 Å². The molecular formula is C22H23ClN8O2. The van der Waals surface area contributed by atoms with Crippen LogP contribution in [0.3, 0.4) is 0 Å². The van der Waals surface area contributed by atoms with Crippen LogP contribution in [0.15, 0.2) is 39.6 Å². The molecule has 0 bridgehead atoms. The third kappa shape index (κ3) is 4.25. The number of rotatable bonds is 9. The fourth-order valence-corrected chi connectivity index (χ4v) is 4.10. The van der Waals surface area contributed by atoms with Crippen LogP contribution in [-0.4, -0.2) is 39.3 Å². The topological polar surface area (TPSA) is 120 Å². The standard InChI is InChI=1S/C22H23ClN8O2/c1-2-3-7-12-30-19-18(25-21(23)26-19)20(32)31-16(27-28-22(30)31)10-11-17-24-15(29-33-17)13-14-8-5-4-6-9-14/h4-6,8-9H,2-3,7,10-13H2,1H3,(H,25,26). The summed E-state index contributed by atoms with van der Waals surface area (Å²) in [5, 5.41) is 12.8. The van der Waals surface area contributed by atoms with Crippen molar-refractivity contribution in [2.24, 2.45) is 0 Å². The molecule has 0 aliphatic heterocycles. The van der Waals surface area contributed by atoms with Gasteiger partial charge in [-0.05, 0) is 23.6 Å². The number of fused-ring (bicyclic) bond motifs is 2. The summed E-state index contributed by atoms with van der Waals surface area (Å²) in [5.41, 5.74) is 1.67. The van der Waals surface area contributed by atoms with Crippen molar-refractivity contribution in [2.45, 2.75) is 52.0 Å². The lowest BCUT2D eigenvalue weighted by Gasteiger charge is -2.09. The van der Waals surface area contributed by atoms with Gasteiger partial charge in [0.25, 0.3) is 5.56 Å². The molecule has 4 aromatic heterocycles. The zero-order chi connectivity index (χ0) is 22.8. The number of nitrogens with zero attached hydrogens (tertiary/aromatic N) is 7. The molecule has 0 aliphatic carbocycles. The predicted octanol–water partition coefficient (Wildman–Crippen LogP) is 3.37. The Morgan fingerprint density at radius 3 is 2.76 bits per heavy atom. The molecular weight excluding hydrogens is 444 g/mol. The van der Waals surface area contributed by atoms with Crippen molar-refractivity contribution in [1.82, 2.24) is 39.3 Å². The van der Waals surface area contributed by atoms with Gasteiger partial charge in [0.15, 0.2) is 17.0 Å². The van der Waals surface area contributed by atoms with Gasteiger partial charge in [-0.3, -0.25) is 9.36 Å². The first-order chi connectivity index (χ1) is 16.1. The van der Waals surface area contributed by atoms with E-state index in [0.29, 0.717) is 60.3 Å². The van der Waals surface area contributed by atoms with E-state index in [0.717, 1.165) is 24.8 Å². The molecule has 33 heavy (non-hydrogen) atoms. The van der Waals surface area contributed by atoms with Gasteiger partial charge >= 0.3 is 0 Å². The maximum atomic E-state index is 13.2. The monoisotopic (exact) mass is 466 g/mol. The molecule has 1 N–H and O–H groups in total. The Morgan fingerprint density at radius 2 is 1.94 bits per heavy atom. The highest BCUT2D eigenvalue weighted by molar-refractivity contribution is 6.29. The first-order valence-corrected chi connectivity index (χ1v) is 11.4. The highest BCUT2D eigenvalue weighted by atomic mass is 35.5. The Morgan fingerprint density at radius 1 is 1.09 bits per heavy atom. The number of hydrogen-bond donors (Lipinski definition) is 1. The molecule has 5 rings (SSSR count). The third-order valence-corrected chi connectivity index (χ3v) is 5.72. The summed E-state index contributed by atoms with van der Waals surface area (Å²) in [4.78, 5) is 24.8. The van der Waals surface area contributed by atoms with E-state index in [1.54, 1.807) is 0 Å². The van der Waals surface area contributed by atoms with Crippen molar-refractivity contribution in [2.75, 3.05) is 0 Å². The fourth-order valence-electron chi connectivity index (χ4n) is 3.93. The zero-order valence-electron chi connectivity index (χ0n) is 18.2. The van der Waals surface area contributed by atoms with Crippen LogP contribution in [-0.2, 0) is 25.8 Å². The van der Waals surface area contributed by atoms with Gasteiger partial charge in [-0.1, -0.05) is 55.3 Å². The van der Waals surface area contributed by atoms with Crippen LogP contribution in [0.25, 0.3) is 16.9 Å². The maximum absolute atomic E-state index is 13.2. The van der Waals surface area contributed by atoms with Crippen molar-refractivity contribution in [3.05, 3.63) is 69.1 Å². The van der Waals surface area contributed by atoms with E-state index in [1.807, 2.05) is 34.9 Å². The van der Waals surface area contributed by atoms with Gasteiger partial charge in [-0.25, -0.2) is 4.40 Å². The highest BCUT2D eigenvalue weighted by Crippen LogP contribution is 2.17. The van der Waals surface area contributed by atoms with E-state index in [9.17, 15) is 4.79 Å². The summed E-state index contributed by atoms with van der Waals surface area (Å²) in [7, 11) is 0. The van der Waals surface area contributed by atoms with Crippen LogP contribution in [0.4, 0.5) is 0 Å². The van der Waals surface area contributed by atoms with Crippen molar-refractivity contribution < 1.29 is 4.52 Å². The maximum Gasteiger partial charge on any atom is 0.286 e. The molecule has 0 spiro atoms. The molecule has 0 saturated carbocycles. The Bertz CT molecular complexity index is 1450. The van der Waals surface area contributed by atoms with Crippen LogP contribution in [0.2, 0.25) is 5.28 Å². The van der Waals surface area contributed by atoms with Crippen LogP contribution in [0, 0.1) is 0 Å². The summed E-state index contributed by atoms with van der Waals surface area (Å²) in [6.45, 7) is 2.81. The molecule has 5 aromatic rings. The molecule has 0 unspecified atom stereocenters. The molecule has 0 saturated heterocycles. The van der Waals surface area contributed by atoms with Crippen molar-refractivity contribution in [3.8, 4) is 0 Å². The zero-order valence-corrected chi connectivity index (χ0v) is 18.9. The normalized spacial score (nSPS) is 11.7. The number of nitrogens with one attached hydrogen (secondary N) is 1. The third-order valence-electron chi connectivity index (χ3n) is 5.55. The number of hydrogen-bond acceptors (Lipinski definition) is 7. The number of aromatic nitrogens is 8. The molecule has 1 aromatic carbocycles. The Kier molecular flexibility index (Phi) is 5.91. The minimum Gasteiger partial charge on any atom is -0.339 e. The smallest absolute Gasteiger partial charge is 0.286 e. The molecule has 0 amide bonds. The Hall–Kier alpha value is -3.53. The van der Waals surface area contributed by atoms with E-state index in [4.69, 9.17) is 16.1 Å². The summed E-state index contributed by atoms with van der Waals surface area (Å²) in [6, 6.07) is 9.97. The summed E-state index contributed by atoms with van der Waals surface area (Å²) >= 11 is 6.08. The Balaban J connectivity index is 1.42. The molecule has 0 fully saturated rings. The van der Waals surface area contributed by atoms with Crippen LogP contribution >= 0.6 is 11.6 Å². The summed E-state index contributed by atoms with van der Waals surface area (Å²) in [6.07, 6.45) is 4.53. The van der Waals surface area contributed by atoms with Crippen molar-refractivity contribution in [3.63, 3.8) is 0 Å². The molecule has 4 heterocycles. The summed E-state index contributed by atoms with van der Waals surface area (Å²) < 4.78 is 8.82. The van der Waals surface area contributed by atoms with E-state index in [2.05, 4.69) is 37.2 Å². The number of benzene rings is 1. The number of H-pyrrole nitrogens is 1. The largest absolute Gasteiger partial charge is 0.339 e. The molecule has 10 nitrogen and oxygen atoms in total. The lowest BCUT2D eigenvalue weighted by molar-refractivity contribution is 0.373. The van der Waals surface area contributed by atoms with Gasteiger partial charge in [0.2, 0.25) is 17.0 Å². The van der Waals surface area contributed by atoms with Crippen molar-refractivity contribution in [1.29, 1.82) is 0 Å². The van der Waals surface area contributed by atoms with E-state index >= 15 is 0 Å². The van der Waals surface area contributed by atoms with E-state index in [1.165, 1.54) is 4.40 Å². The first-order valence-electron chi connectivity index (χ1n) is 11.0. The number of halogens is 1. The number of unbranched alkanes of at least 4 members (excludes halogenated alkanes) is 2. The predicted molar refractivity (Wildman–Crippen MR) is 122 cm³/mol. The Labute approximate surface area is 193 Å². The summed E-state index contributed by atoms with van der Waals surface area (Å²) in [5.74, 6) is 2.09. The molecule has 11 heteroatoms. The van der Waals surface area contributed by atoms with Crippen molar-refractivity contribution >= 4 is 28.5 Å². The minimum atomic E-state index is -0.276. The minimum absolute atomic E-state index is 0.172. The molecule has 0 aliphatic rings. The second-order valence-corrected chi connectivity index (χ2v) is 8.27. The van der Waals surface area contributed by atoms with Crippen LogP contribution in [0.5, 0.6) is 0 Å². The van der Waals surface area contributed by atoms with Gasteiger partial charge in [0.05, 0.1) is 0 Å². The molecule has 170 valence electrons. The quantitative estimate of drug-likeness (QED) is 0.261. The first kappa shape index (κ1) is 21.3. The lowest BCUT2D eigenvalue weighted by Crippen LogP contribution is -2.21. The fraction of sp³-hybridized carbons (Fsp3) is 0.364. The van der Waals surface area contributed by atoms with Gasteiger partial charge in [0, 0.05) is 25.8 Å². The number of imidazole rings is 1. The van der Waals surface area contributed by atoms with E-state index < -0.39 is 0 Å². The average molecular weight is 467 g/mol. The molecule has 0 radical (unpaired) electrons. The second kappa shape index (κ2) is 9.14. The highest BCUT2D eigenvalue weighted by Gasteiger charge is 2.20. The van der Waals surface area contributed by atoms with Gasteiger partial charge in [0.1, 0.15) is 5.82 Å².